The van der Waals surface area contributed by atoms with E-state index < -0.39 is 25.6 Å². The molecular weight excluding hydrogens is 289 g/mol. The average Bonchev–Trinajstić information content (AvgIpc) is 2.76. The Balaban J connectivity index is 2.55. The molecule has 1 rings (SSSR count). The highest BCUT2D eigenvalue weighted by Gasteiger charge is 2.42. The van der Waals surface area contributed by atoms with Crippen LogP contribution >= 0.6 is 7.82 Å². The zero-order valence-electron chi connectivity index (χ0n) is 11.4. The summed E-state index contributed by atoms with van der Waals surface area (Å²) in [5.41, 5.74) is 3.44. The van der Waals surface area contributed by atoms with Crippen molar-refractivity contribution in [2.75, 3.05) is 26.4 Å². The number of ketones is 1. The highest BCUT2D eigenvalue weighted by atomic mass is 31.2. The quantitative estimate of drug-likeness (QED) is 0.324. The number of cyclic esters (lactones) is 1. The molecule has 0 saturated carbocycles. The van der Waals surface area contributed by atoms with Crippen LogP contribution < -0.4 is 10.6 Å². The van der Waals surface area contributed by atoms with Gasteiger partial charge < -0.3 is 24.4 Å². The average molecular weight is 309 g/mol. The van der Waals surface area contributed by atoms with Gasteiger partial charge in [-0.2, -0.15) is 0 Å². The standard InChI is InChI=1S/C11H20NO7P/c1-2-3-9(13)10-8(6-17-11(10)14)7-19-20(15,16)18-5-4-12/h8,10H,2-7,12H2,1H3,(H,15,16)/t8-,10+/m1/s1. The minimum atomic E-state index is -4.42. The zero-order valence-corrected chi connectivity index (χ0v) is 12.3. The van der Waals surface area contributed by atoms with Crippen molar-refractivity contribution in [1.82, 2.24) is 0 Å². The Morgan fingerprint density at radius 3 is 2.85 bits per heavy atom. The second-order valence-corrected chi connectivity index (χ2v) is 5.92. The second-order valence-electron chi connectivity index (χ2n) is 4.51. The second kappa shape index (κ2) is 7.85. The van der Waals surface area contributed by atoms with E-state index in [1.807, 2.05) is 6.92 Å². The number of carbonyl (C=O) groups is 2. The van der Waals surface area contributed by atoms with Crippen LogP contribution in [0.1, 0.15) is 19.8 Å². The van der Waals surface area contributed by atoms with Gasteiger partial charge in [0.1, 0.15) is 18.3 Å². The van der Waals surface area contributed by atoms with Crippen LogP contribution in [0.25, 0.3) is 0 Å². The van der Waals surface area contributed by atoms with Crippen molar-refractivity contribution in [2.24, 2.45) is 11.8 Å². The fourth-order valence-electron chi connectivity index (χ4n) is 1.91. The van der Waals surface area contributed by atoms with Gasteiger partial charge in [-0.15, -0.1) is 0 Å². The van der Waals surface area contributed by atoms with Gasteiger partial charge in [0.2, 0.25) is 0 Å². The number of carbonyl (C=O) groups excluding carboxylic acids is 2. The summed E-state index contributed by atoms with van der Waals surface area (Å²) in [5.74, 6) is -2.39. The molecule has 0 radical (unpaired) electrons. The predicted octanol–water partition coefficient (Wildman–Crippen LogP) is -1.11. The number of hydrogen-bond donors (Lipinski definition) is 1. The number of quaternary nitrogens is 1. The Labute approximate surface area is 117 Å². The van der Waals surface area contributed by atoms with E-state index in [1.165, 1.54) is 0 Å². The number of Topliss-reactive ketones (excluding diaryl/α,β-unsaturated/α-hetero) is 1. The molecule has 8 nitrogen and oxygen atoms in total. The van der Waals surface area contributed by atoms with Crippen LogP contribution in [-0.2, 0) is 27.9 Å². The van der Waals surface area contributed by atoms with Gasteiger partial charge >= 0.3 is 5.97 Å². The number of ether oxygens (including phenoxy) is 1. The number of phosphoric ester groups is 1. The Kier molecular flexibility index (Phi) is 6.78. The highest BCUT2D eigenvalue weighted by Crippen LogP contribution is 2.39. The topological polar surface area (TPSA) is 130 Å². The molecule has 0 bridgehead atoms. The molecule has 1 aliphatic heterocycles. The molecule has 9 heteroatoms. The number of phosphoric acid groups is 1. The lowest BCUT2D eigenvalue weighted by molar-refractivity contribution is -0.373. The summed E-state index contributed by atoms with van der Waals surface area (Å²) < 4.78 is 25.4. The van der Waals surface area contributed by atoms with Crippen molar-refractivity contribution < 1.29 is 38.6 Å². The molecule has 0 spiro atoms. The first-order valence-electron chi connectivity index (χ1n) is 6.50. The first-order chi connectivity index (χ1) is 9.41. The van der Waals surface area contributed by atoms with E-state index in [0.717, 1.165) is 0 Å². The molecule has 0 amide bonds. The SMILES string of the molecule is CCCC(=O)[C@H]1C(=O)OC[C@@H]1COP(=O)([O-])OCC[NH3+]. The molecule has 20 heavy (non-hydrogen) atoms. The normalized spacial score (nSPS) is 25.2. The molecule has 0 aromatic rings. The Bertz CT molecular complexity index is 400. The van der Waals surface area contributed by atoms with Crippen molar-refractivity contribution in [2.45, 2.75) is 19.8 Å². The maximum absolute atomic E-state index is 11.8. The van der Waals surface area contributed by atoms with Crippen LogP contribution in [0.3, 0.4) is 0 Å². The van der Waals surface area contributed by atoms with E-state index in [0.29, 0.717) is 6.42 Å². The van der Waals surface area contributed by atoms with Crippen molar-refractivity contribution in [3.63, 3.8) is 0 Å². The minimum Gasteiger partial charge on any atom is -0.756 e. The van der Waals surface area contributed by atoms with Gasteiger partial charge in [-0.05, 0) is 6.42 Å². The first kappa shape index (κ1) is 17.3. The molecule has 1 saturated heterocycles. The van der Waals surface area contributed by atoms with Crippen LogP contribution in [0.15, 0.2) is 0 Å². The van der Waals surface area contributed by atoms with Gasteiger partial charge in [0.15, 0.2) is 0 Å². The third-order valence-corrected chi connectivity index (χ3v) is 3.81. The van der Waals surface area contributed by atoms with E-state index in [9.17, 15) is 19.0 Å². The van der Waals surface area contributed by atoms with Gasteiger partial charge in [0.05, 0.1) is 19.8 Å². The summed E-state index contributed by atoms with van der Waals surface area (Å²) in [6.07, 6.45) is 0.867. The lowest BCUT2D eigenvalue weighted by Crippen LogP contribution is -2.52. The molecule has 0 aliphatic carbocycles. The van der Waals surface area contributed by atoms with E-state index in [-0.39, 0.29) is 38.6 Å². The molecule has 1 fully saturated rings. The van der Waals surface area contributed by atoms with Gasteiger partial charge in [0.25, 0.3) is 7.82 Å². The lowest BCUT2D eigenvalue weighted by atomic mass is 9.90. The maximum atomic E-state index is 11.8. The molecule has 3 N–H and O–H groups in total. The Morgan fingerprint density at radius 2 is 2.25 bits per heavy atom. The van der Waals surface area contributed by atoms with Crippen LogP contribution in [0, 0.1) is 11.8 Å². The molecule has 3 atom stereocenters. The molecule has 0 aromatic heterocycles. The third-order valence-electron chi connectivity index (χ3n) is 2.85. The summed E-state index contributed by atoms with van der Waals surface area (Å²) in [4.78, 5) is 34.7. The third kappa shape index (κ3) is 4.96. The number of hydrogen-bond acceptors (Lipinski definition) is 7. The molecule has 1 aliphatic rings. The van der Waals surface area contributed by atoms with E-state index >= 15 is 0 Å². The smallest absolute Gasteiger partial charge is 0.316 e. The number of rotatable bonds is 9. The predicted molar refractivity (Wildman–Crippen MR) is 65.1 cm³/mol. The Hall–Kier alpha value is -0.790. The highest BCUT2D eigenvalue weighted by molar-refractivity contribution is 7.45. The lowest BCUT2D eigenvalue weighted by Gasteiger charge is -2.24. The summed E-state index contributed by atoms with van der Waals surface area (Å²) in [5, 5.41) is 0. The molecule has 1 heterocycles. The van der Waals surface area contributed by atoms with Gasteiger partial charge in [-0.3, -0.25) is 14.2 Å². The Morgan fingerprint density at radius 1 is 1.55 bits per heavy atom. The van der Waals surface area contributed by atoms with Crippen LogP contribution in [0.4, 0.5) is 0 Å². The molecular formula is C11H20NO7P. The molecule has 1 unspecified atom stereocenters. The molecule has 0 aromatic carbocycles. The van der Waals surface area contributed by atoms with Crippen LogP contribution in [0.5, 0.6) is 0 Å². The van der Waals surface area contributed by atoms with Gasteiger partial charge in [-0.25, -0.2) is 0 Å². The minimum absolute atomic E-state index is 0.0196. The van der Waals surface area contributed by atoms with Crippen molar-refractivity contribution >= 4 is 19.6 Å². The van der Waals surface area contributed by atoms with E-state index in [2.05, 4.69) is 14.8 Å². The summed E-state index contributed by atoms with van der Waals surface area (Å²) in [7, 11) is -4.42. The van der Waals surface area contributed by atoms with E-state index in [4.69, 9.17) is 4.74 Å². The van der Waals surface area contributed by atoms with Crippen LogP contribution in [0.2, 0.25) is 0 Å². The van der Waals surface area contributed by atoms with Gasteiger partial charge in [0, 0.05) is 12.3 Å². The maximum Gasteiger partial charge on any atom is 0.316 e. The van der Waals surface area contributed by atoms with Gasteiger partial charge in [-0.1, -0.05) is 6.92 Å². The van der Waals surface area contributed by atoms with Crippen molar-refractivity contribution in [3.05, 3.63) is 0 Å². The van der Waals surface area contributed by atoms with E-state index in [1.54, 1.807) is 0 Å². The fourth-order valence-corrected chi connectivity index (χ4v) is 2.71. The monoisotopic (exact) mass is 309 g/mol. The zero-order chi connectivity index (χ0) is 15.2. The van der Waals surface area contributed by atoms with Crippen LogP contribution in [-0.4, -0.2) is 38.1 Å². The summed E-state index contributed by atoms with van der Waals surface area (Å²) >= 11 is 0. The fraction of sp³-hybridized carbons (Fsp3) is 0.818. The summed E-state index contributed by atoms with van der Waals surface area (Å²) in [6.45, 7) is 1.72. The largest absolute Gasteiger partial charge is 0.756 e. The van der Waals surface area contributed by atoms with Crippen molar-refractivity contribution in [3.8, 4) is 0 Å². The number of esters is 1. The van der Waals surface area contributed by atoms with Crippen molar-refractivity contribution in [1.29, 1.82) is 0 Å². The first-order valence-corrected chi connectivity index (χ1v) is 7.96. The summed E-state index contributed by atoms with van der Waals surface area (Å²) in [6, 6.07) is 0. The molecule has 116 valence electrons.